The highest BCUT2D eigenvalue weighted by atomic mass is 32.2. The first kappa shape index (κ1) is 30.3. The van der Waals surface area contributed by atoms with Crippen LogP contribution in [-0.4, -0.2) is 41.3 Å². The van der Waals surface area contributed by atoms with E-state index in [1.165, 1.54) is 27.1 Å². The van der Waals surface area contributed by atoms with Gasteiger partial charge < -0.3 is 15.2 Å². The van der Waals surface area contributed by atoms with Gasteiger partial charge in [0.05, 0.1) is 16.5 Å². The minimum Gasteiger partial charge on any atom is -0.353 e. The van der Waals surface area contributed by atoms with E-state index in [1.54, 1.807) is 12.1 Å². The van der Waals surface area contributed by atoms with Crippen molar-refractivity contribution in [2.75, 3.05) is 6.54 Å². The molecule has 0 saturated carbocycles. The summed E-state index contributed by atoms with van der Waals surface area (Å²) in [5, 5.41) is 6.60. The Balaban J connectivity index is 1.30. The zero-order chi connectivity index (χ0) is 30.3. The molecule has 11 heteroatoms. The van der Waals surface area contributed by atoms with Crippen molar-refractivity contribution >= 4 is 15.9 Å². The molecule has 2 aromatic carbocycles. The minimum atomic E-state index is -4.68. The first-order valence-electron chi connectivity index (χ1n) is 14.2. The summed E-state index contributed by atoms with van der Waals surface area (Å²) in [6, 6.07) is 12.8. The fourth-order valence-corrected chi connectivity index (χ4v) is 7.41. The van der Waals surface area contributed by atoms with Crippen LogP contribution < -0.4 is 10.6 Å². The number of fused-ring (bicyclic) bond motifs is 2. The fourth-order valence-electron chi connectivity index (χ4n) is 5.78. The highest BCUT2D eigenvalue weighted by Crippen LogP contribution is 2.36. The first-order valence-corrected chi connectivity index (χ1v) is 15.6. The molecule has 0 radical (unpaired) electrons. The molecule has 1 aliphatic carbocycles. The standard InChI is InChI=1S/C31H37F3N4O3S/c1-30(2,3)35-20-21-9-10-23-17-25(12-11-22(23)16-21)36-29(39)19-28-27-8-5-13-37(27)14-15-38(28)42(40,41)26-7-4-6-24(18-26)31(32,33)34/h4-10,13,16,18,25,28,35H,11-12,14-15,17,19-20H2,1-3H3,(H,36,39). The van der Waals surface area contributed by atoms with Gasteiger partial charge in [-0.05, 0) is 87.1 Å². The van der Waals surface area contributed by atoms with Gasteiger partial charge in [0.15, 0.2) is 0 Å². The minimum absolute atomic E-state index is 0.0211. The number of nitrogens with zero attached hydrogens (tertiary/aromatic N) is 2. The van der Waals surface area contributed by atoms with Crippen LogP contribution in [0, 0.1) is 0 Å². The lowest BCUT2D eigenvalue weighted by atomic mass is 9.87. The average molecular weight is 603 g/mol. The molecule has 1 aromatic heterocycles. The van der Waals surface area contributed by atoms with Crippen LogP contribution in [0.15, 0.2) is 65.7 Å². The van der Waals surface area contributed by atoms with E-state index < -0.39 is 32.7 Å². The lowest BCUT2D eigenvalue weighted by molar-refractivity contribution is -0.137. The molecule has 42 heavy (non-hydrogen) atoms. The molecule has 3 aromatic rings. The third-order valence-corrected chi connectivity index (χ3v) is 9.85. The number of hydrogen-bond acceptors (Lipinski definition) is 4. The van der Waals surface area contributed by atoms with Gasteiger partial charge in [-0.3, -0.25) is 4.79 Å². The molecule has 2 heterocycles. The Bertz CT molecular complexity index is 1560. The molecule has 1 amide bonds. The van der Waals surface area contributed by atoms with Crippen LogP contribution in [0.3, 0.4) is 0 Å². The van der Waals surface area contributed by atoms with Crippen molar-refractivity contribution in [2.45, 2.75) is 88.2 Å². The topological polar surface area (TPSA) is 83.4 Å². The van der Waals surface area contributed by atoms with Crippen LogP contribution in [0.2, 0.25) is 0 Å². The van der Waals surface area contributed by atoms with E-state index in [4.69, 9.17) is 0 Å². The number of sulfonamides is 1. The molecule has 0 saturated heterocycles. The van der Waals surface area contributed by atoms with E-state index >= 15 is 0 Å². The second-order valence-corrected chi connectivity index (χ2v) is 14.1. The van der Waals surface area contributed by atoms with Gasteiger partial charge in [-0.2, -0.15) is 17.5 Å². The summed E-state index contributed by atoms with van der Waals surface area (Å²) in [4.78, 5) is 12.9. The van der Waals surface area contributed by atoms with Crippen molar-refractivity contribution in [3.05, 3.63) is 88.7 Å². The van der Waals surface area contributed by atoms with Gasteiger partial charge in [-0.15, -0.1) is 0 Å². The van der Waals surface area contributed by atoms with Crippen molar-refractivity contribution in [3.63, 3.8) is 0 Å². The smallest absolute Gasteiger partial charge is 0.353 e. The van der Waals surface area contributed by atoms with E-state index in [2.05, 4.69) is 49.6 Å². The Morgan fingerprint density at radius 3 is 2.52 bits per heavy atom. The normalized spacial score (nSPS) is 19.7. The maximum atomic E-state index is 13.7. The highest BCUT2D eigenvalue weighted by Gasteiger charge is 2.39. The van der Waals surface area contributed by atoms with Crippen molar-refractivity contribution < 1.29 is 26.4 Å². The number of carbonyl (C=O) groups excluding carboxylic acids is 1. The molecular weight excluding hydrogens is 565 g/mol. The Kier molecular flexibility index (Phi) is 8.30. The fraction of sp³-hybridized carbons (Fsp3) is 0.452. The summed E-state index contributed by atoms with van der Waals surface area (Å²) >= 11 is 0. The summed E-state index contributed by atoms with van der Waals surface area (Å²) < 4.78 is 70.4. The molecular formula is C31H37F3N4O3S. The number of halogens is 3. The SMILES string of the molecule is CC(C)(C)NCc1ccc2c(c1)CCC(NC(=O)CC1c3cccn3CCN1S(=O)(=O)c1cccc(C(F)(F)F)c1)C2. The van der Waals surface area contributed by atoms with Crippen molar-refractivity contribution in [3.8, 4) is 0 Å². The van der Waals surface area contributed by atoms with Gasteiger partial charge in [-0.1, -0.05) is 24.3 Å². The monoisotopic (exact) mass is 602 g/mol. The summed E-state index contributed by atoms with van der Waals surface area (Å²) in [6.07, 6.45) is -0.721. The molecule has 2 atom stereocenters. The molecule has 226 valence electrons. The number of carbonyl (C=O) groups is 1. The number of amides is 1. The molecule has 7 nitrogen and oxygen atoms in total. The number of benzene rings is 2. The highest BCUT2D eigenvalue weighted by molar-refractivity contribution is 7.89. The molecule has 0 fully saturated rings. The lowest BCUT2D eigenvalue weighted by Crippen LogP contribution is -2.45. The number of aromatic nitrogens is 1. The van der Waals surface area contributed by atoms with Gasteiger partial charge in [0.25, 0.3) is 0 Å². The van der Waals surface area contributed by atoms with Gasteiger partial charge in [-0.25, -0.2) is 8.42 Å². The number of alkyl halides is 3. The Hall–Kier alpha value is -3.15. The summed E-state index contributed by atoms with van der Waals surface area (Å²) in [7, 11) is -4.32. The van der Waals surface area contributed by atoms with E-state index in [9.17, 15) is 26.4 Å². The van der Waals surface area contributed by atoms with E-state index in [1.807, 2.05) is 10.8 Å². The second-order valence-electron chi connectivity index (χ2n) is 12.2. The van der Waals surface area contributed by atoms with E-state index in [0.717, 1.165) is 31.5 Å². The van der Waals surface area contributed by atoms with Crippen molar-refractivity contribution in [2.24, 2.45) is 0 Å². The van der Waals surface area contributed by atoms with Crippen LogP contribution in [0.5, 0.6) is 0 Å². The zero-order valence-electron chi connectivity index (χ0n) is 24.0. The molecule has 0 spiro atoms. The van der Waals surface area contributed by atoms with E-state index in [0.29, 0.717) is 24.7 Å². The van der Waals surface area contributed by atoms with Crippen molar-refractivity contribution in [1.29, 1.82) is 0 Å². The second kappa shape index (κ2) is 11.5. The van der Waals surface area contributed by atoms with Crippen molar-refractivity contribution in [1.82, 2.24) is 19.5 Å². The van der Waals surface area contributed by atoms with Gasteiger partial charge in [0.1, 0.15) is 0 Å². The first-order chi connectivity index (χ1) is 19.7. The molecule has 1 aliphatic heterocycles. The summed E-state index contributed by atoms with van der Waals surface area (Å²) in [5.74, 6) is -0.293. The van der Waals surface area contributed by atoms with Crippen LogP contribution in [0.1, 0.15) is 67.6 Å². The predicted octanol–water partition coefficient (Wildman–Crippen LogP) is 5.20. The molecule has 0 bridgehead atoms. The van der Waals surface area contributed by atoms with E-state index in [-0.39, 0.29) is 30.5 Å². The van der Waals surface area contributed by atoms with Crippen LogP contribution in [0.4, 0.5) is 13.2 Å². The molecule has 2 unspecified atom stereocenters. The molecule has 2 aliphatic rings. The summed E-state index contributed by atoms with van der Waals surface area (Å²) in [6.45, 7) is 7.54. The van der Waals surface area contributed by atoms with Gasteiger partial charge >= 0.3 is 6.18 Å². The Labute approximate surface area is 245 Å². The summed E-state index contributed by atoms with van der Waals surface area (Å²) in [5.41, 5.74) is 3.30. The number of aryl methyl sites for hydroxylation is 1. The number of hydrogen-bond donors (Lipinski definition) is 2. The van der Waals surface area contributed by atoms with Crippen LogP contribution in [-0.2, 0) is 46.9 Å². The number of rotatable bonds is 7. The predicted molar refractivity (Wildman–Crippen MR) is 154 cm³/mol. The Morgan fingerprint density at radius 2 is 1.79 bits per heavy atom. The largest absolute Gasteiger partial charge is 0.416 e. The third-order valence-electron chi connectivity index (χ3n) is 7.95. The Morgan fingerprint density at radius 1 is 1.00 bits per heavy atom. The third kappa shape index (κ3) is 6.74. The van der Waals surface area contributed by atoms with Crippen LogP contribution in [0.25, 0.3) is 0 Å². The van der Waals surface area contributed by atoms with Gasteiger partial charge in [0.2, 0.25) is 15.9 Å². The maximum absolute atomic E-state index is 13.7. The maximum Gasteiger partial charge on any atom is 0.416 e. The van der Waals surface area contributed by atoms with Gasteiger partial charge in [0, 0.05) is 49.5 Å². The number of nitrogens with one attached hydrogen (secondary N) is 2. The molecule has 2 N–H and O–H groups in total. The average Bonchev–Trinajstić information content (AvgIpc) is 3.41. The quantitative estimate of drug-likeness (QED) is 0.389. The van der Waals surface area contributed by atoms with Crippen LogP contribution >= 0.6 is 0 Å². The zero-order valence-corrected chi connectivity index (χ0v) is 24.9. The molecule has 5 rings (SSSR count). The lowest BCUT2D eigenvalue weighted by Gasteiger charge is -2.36.